The molecule has 1 heterocycles. The minimum absolute atomic E-state index is 0.0393. The van der Waals surface area contributed by atoms with Gasteiger partial charge in [0.1, 0.15) is 5.75 Å². The molecule has 3 rings (SSSR count). The van der Waals surface area contributed by atoms with E-state index in [4.69, 9.17) is 9.84 Å². The van der Waals surface area contributed by atoms with Crippen LogP contribution in [0, 0.1) is 0 Å². The molecule has 0 bridgehead atoms. The lowest BCUT2D eigenvalue weighted by atomic mass is 9.96. The van der Waals surface area contributed by atoms with Gasteiger partial charge in [-0.2, -0.15) is 0 Å². The molecule has 1 amide bonds. The summed E-state index contributed by atoms with van der Waals surface area (Å²) in [4.78, 5) is 36.7. The summed E-state index contributed by atoms with van der Waals surface area (Å²) in [6, 6.07) is 14.4. The third-order valence-corrected chi connectivity index (χ3v) is 4.18. The molecule has 0 radical (unpaired) electrons. The lowest BCUT2D eigenvalue weighted by molar-refractivity contribution is -0.139. The first kappa shape index (κ1) is 18.2. The molecular formula is C20H17NO6. The van der Waals surface area contributed by atoms with E-state index in [9.17, 15) is 19.5 Å². The van der Waals surface area contributed by atoms with Crippen LogP contribution in [0.5, 0.6) is 5.75 Å². The Kier molecular flexibility index (Phi) is 4.94. The predicted octanol–water partition coefficient (Wildman–Crippen LogP) is 2.64. The number of benzene rings is 2. The highest BCUT2D eigenvalue weighted by molar-refractivity contribution is 6.16. The van der Waals surface area contributed by atoms with Crippen molar-refractivity contribution in [2.75, 3.05) is 11.5 Å². The van der Waals surface area contributed by atoms with Gasteiger partial charge in [0.15, 0.2) is 18.1 Å². The molecule has 1 unspecified atom stereocenters. The van der Waals surface area contributed by atoms with Crippen molar-refractivity contribution >= 4 is 23.3 Å². The molecule has 0 saturated heterocycles. The number of carbonyl (C=O) groups is 3. The van der Waals surface area contributed by atoms with Crippen LogP contribution >= 0.6 is 0 Å². The van der Waals surface area contributed by atoms with Crippen LogP contribution in [-0.2, 0) is 14.4 Å². The fourth-order valence-electron chi connectivity index (χ4n) is 3.03. The van der Waals surface area contributed by atoms with E-state index in [0.717, 1.165) is 0 Å². The van der Waals surface area contributed by atoms with Gasteiger partial charge in [-0.1, -0.05) is 30.3 Å². The average molecular weight is 367 g/mol. The second-order valence-electron chi connectivity index (χ2n) is 5.98. The first-order valence-corrected chi connectivity index (χ1v) is 8.17. The van der Waals surface area contributed by atoms with Gasteiger partial charge >= 0.3 is 5.97 Å². The zero-order chi connectivity index (χ0) is 19.6. The number of ketones is 1. The highest BCUT2D eigenvalue weighted by Gasteiger charge is 2.43. The largest absolute Gasteiger partial charge is 0.503 e. The van der Waals surface area contributed by atoms with Gasteiger partial charge in [-0.15, -0.1) is 0 Å². The van der Waals surface area contributed by atoms with E-state index in [1.165, 1.54) is 24.0 Å². The molecule has 1 atom stereocenters. The number of amides is 1. The van der Waals surface area contributed by atoms with Crippen LogP contribution in [-0.4, -0.2) is 34.5 Å². The Morgan fingerprint density at radius 2 is 1.70 bits per heavy atom. The molecule has 2 aromatic rings. The number of hydrogen-bond donors (Lipinski definition) is 2. The van der Waals surface area contributed by atoms with Crippen molar-refractivity contribution in [2.24, 2.45) is 0 Å². The summed E-state index contributed by atoms with van der Waals surface area (Å²) in [6.07, 6.45) is 0. The summed E-state index contributed by atoms with van der Waals surface area (Å²) >= 11 is 0. The molecule has 7 nitrogen and oxygen atoms in total. The van der Waals surface area contributed by atoms with Crippen molar-refractivity contribution in [3.8, 4) is 5.75 Å². The van der Waals surface area contributed by atoms with Crippen molar-refractivity contribution in [2.45, 2.75) is 13.0 Å². The lowest BCUT2D eigenvalue weighted by Crippen LogP contribution is -2.30. The number of nitrogens with zero attached hydrogens (tertiary/aromatic N) is 1. The Labute approximate surface area is 155 Å². The Morgan fingerprint density at radius 1 is 1.07 bits per heavy atom. The number of ether oxygens (including phenoxy) is 1. The Bertz CT molecular complexity index is 917. The van der Waals surface area contributed by atoms with E-state index in [2.05, 4.69) is 0 Å². The van der Waals surface area contributed by atoms with E-state index in [-0.39, 0.29) is 5.57 Å². The predicted molar refractivity (Wildman–Crippen MR) is 96.6 cm³/mol. The molecule has 2 aromatic carbocycles. The van der Waals surface area contributed by atoms with Gasteiger partial charge in [0.05, 0.1) is 11.6 Å². The molecule has 0 aliphatic carbocycles. The summed E-state index contributed by atoms with van der Waals surface area (Å²) in [6.45, 7) is 0.826. The van der Waals surface area contributed by atoms with Crippen LogP contribution in [0.3, 0.4) is 0 Å². The number of rotatable bonds is 6. The van der Waals surface area contributed by atoms with E-state index in [1.807, 2.05) is 6.07 Å². The number of Topliss-reactive ketones (excluding diaryl/α,β-unsaturated/α-hetero) is 1. The number of carbonyl (C=O) groups excluding carboxylic acids is 2. The van der Waals surface area contributed by atoms with Crippen LogP contribution < -0.4 is 9.64 Å². The molecule has 1 aliphatic heterocycles. The van der Waals surface area contributed by atoms with E-state index in [1.54, 1.807) is 36.4 Å². The first-order valence-electron chi connectivity index (χ1n) is 8.17. The smallest absolute Gasteiger partial charge is 0.341 e. The summed E-state index contributed by atoms with van der Waals surface area (Å²) in [7, 11) is 0. The fraction of sp³-hybridized carbons (Fsp3) is 0.150. The highest BCUT2D eigenvalue weighted by atomic mass is 16.5. The minimum atomic E-state index is -1.10. The summed E-state index contributed by atoms with van der Waals surface area (Å²) in [5.41, 5.74) is 1.17. The van der Waals surface area contributed by atoms with Crippen molar-refractivity contribution in [3.63, 3.8) is 0 Å². The van der Waals surface area contributed by atoms with Gasteiger partial charge in [0.2, 0.25) is 0 Å². The number of aliphatic hydroxyl groups is 1. The minimum Gasteiger partial charge on any atom is -0.503 e. The van der Waals surface area contributed by atoms with Gasteiger partial charge in [0, 0.05) is 5.69 Å². The molecule has 0 aromatic heterocycles. The standard InChI is InChI=1S/C20H17NO6/c1-12(22)17-18(13-5-3-2-4-6-13)21(20(26)19(17)25)14-7-9-15(10-8-14)27-11-16(23)24/h2-10,18,25H,11H2,1H3,(H,23,24). The van der Waals surface area contributed by atoms with Gasteiger partial charge in [0.25, 0.3) is 5.91 Å². The third-order valence-electron chi connectivity index (χ3n) is 4.18. The third kappa shape index (κ3) is 3.52. The topological polar surface area (TPSA) is 104 Å². The van der Waals surface area contributed by atoms with Crippen LogP contribution in [0.25, 0.3) is 0 Å². The van der Waals surface area contributed by atoms with E-state index < -0.39 is 36.1 Å². The molecule has 0 fully saturated rings. The monoisotopic (exact) mass is 367 g/mol. The number of aliphatic hydroxyl groups excluding tert-OH is 1. The number of carboxylic acid groups (broad SMARTS) is 1. The van der Waals surface area contributed by atoms with Gasteiger partial charge in [-0.05, 0) is 36.8 Å². The fourth-order valence-corrected chi connectivity index (χ4v) is 3.03. The molecular weight excluding hydrogens is 350 g/mol. The normalized spacial score (nSPS) is 16.6. The number of anilines is 1. The van der Waals surface area contributed by atoms with Crippen molar-refractivity contribution < 1.29 is 29.3 Å². The van der Waals surface area contributed by atoms with Gasteiger partial charge in [-0.3, -0.25) is 14.5 Å². The second kappa shape index (κ2) is 7.33. The van der Waals surface area contributed by atoms with E-state index >= 15 is 0 Å². The first-order chi connectivity index (χ1) is 12.9. The Morgan fingerprint density at radius 3 is 2.26 bits per heavy atom. The maximum absolute atomic E-state index is 12.7. The molecule has 2 N–H and O–H groups in total. The zero-order valence-electron chi connectivity index (χ0n) is 14.5. The van der Waals surface area contributed by atoms with Crippen molar-refractivity contribution in [1.82, 2.24) is 0 Å². The summed E-state index contributed by atoms with van der Waals surface area (Å²) in [5.74, 6) is -2.40. The maximum Gasteiger partial charge on any atom is 0.341 e. The van der Waals surface area contributed by atoms with E-state index in [0.29, 0.717) is 17.0 Å². The SMILES string of the molecule is CC(=O)C1=C(O)C(=O)N(c2ccc(OCC(=O)O)cc2)C1c1ccccc1. The Balaban J connectivity index is 1.99. The van der Waals surface area contributed by atoms with Crippen LogP contribution in [0.4, 0.5) is 5.69 Å². The molecule has 0 saturated carbocycles. The molecule has 7 heteroatoms. The molecule has 138 valence electrons. The van der Waals surface area contributed by atoms with Crippen molar-refractivity contribution in [1.29, 1.82) is 0 Å². The lowest BCUT2D eigenvalue weighted by Gasteiger charge is -2.26. The second-order valence-corrected chi connectivity index (χ2v) is 5.98. The van der Waals surface area contributed by atoms with Crippen LogP contribution in [0.15, 0.2) is 65.9 Å². The van der Waals surface area contributed by atoms with Gasteiger partial charge in [-0.25, -0.2) is 4.79 Å². The highest BCUT2D eigenvalue weighted by Crippen LogP contribution is 2.41. The van der Waals surface area contributed by atoms with Crippen LogP contribution in [0.1, 0.15) is 18.5 Å². The average Bonchev–Trinajstić information content (AvgIpc) is 2.92. The summed E-state index contributed by atoms with van der Waals surface area (Å²) < 4.78 is 5.09. The number of aliphatic carboxylic acids is 1. The van der Waals surface area contributed by atoms with Crippen molar-refractivity contribution in [3.05, 3.63) is 71.5 Å². The maximum atomic E-state index is 12.7. The zero-order valence-corrected chi connectivity index (χ0v) is 14.5. The van der Waals surface area contributed by atoms with Crippen LogP contribution in [0.2, 0.25) is 0 Å². The quantitative estimate of drug-likeness (QED) is 0.813. The number of hydrogen-bond acceptors (Lipinski definition) is 5. The Hall–Kier alpha value is -3.61. The van der Waals surface area contributed by atoms with Gasteiger partial charge < -0.3 is 14.9 Å². The molecule has 1 aliphatic rings. The number of carboxylic acids is 1. The molecule has 0 spiro atoms. The molecule has 27 heavy (non-hydrogen) atoms. The summed E-state index contributed by atoms with van der Waals surface area (Å²) in [5, 5.41) is 18.9.